The molecule has 0 radical (unpaired) electrons. The van der Waals surface area contributed by atoms with Crippen LogP contribution in [0.4, 0.5) is 0 Å². The molecular weight excluding hydrogens is 214 g/mol. The Morgan fingerprint density at radius 2 is 1.94 bits per heavy atom. The van der Waals surface area contributed by atoms with E-state index in [-0.39, 0.29) is 0 Å². The largest absolute Gasteiger partial charge is 0.497 e. The summed E-state index contributed by atoms with van der Waals surface area (Å²) in [7, 11) is 3.37. The van der Waals surface area contributed by atoms with Crippen molar-refractivity contribution < 1.29 is 9.47 Å². The number of benzene rings is 1. The van der Waals surface area contributed by atoms with E-state index in [0.29, 0.717) is 12.5 Å². The third kappa shape index (κ3) is 3.13. The fraction of sp³-hybridized carbons (Fsp3) is 0.571. The first-order valence-electron chi connectivity index (χ1n) is 6.10. The molecule has 1 rings (SSSR count). The van der Waals surface area contributed by atoms with Crippen LogP contribution in [0, 0.1) is 6.92 Å². The fourth-order valence-electron chi connectivity index (χ4n) is 2.30. The first-order chi connectivity index (χ1) is 8.17. The number of aryl methyl sites for hydroxylation is 1. The molecule has 0 aromatic heterocycles. The Morgan fingerprint density at radius 1 is 1.24 bits per heavy atom. The summed E-state index contributed by atoms with van der Waals surface area (Å²) >= 11 is 0. The number of nitrogens with two attached hydrogens (primary N) is 1. The third-order valence-corrected chi connectivity index (χ3v) is 3.19. The highest BCUT2D eigenvalue weighted by Gasteiger charge is 2.17. The van der Waals surface area contributed by atoms with E-state index < -0.39 is 0 Å². The van der Waals surface area contributed by atoms with Gasteiger partial charge in [0.25, 0.3) is 0 Å². The van der Waals surface area contributed by atoms with Crippen LogP contribution in [0.25, 0.3) is 0 Å². The van der Waals surface area contributed by atoms with Crippen molar-refractivity contribution in [2.75, 3.05) is 20.8 Å². The van der Waals surface area contributed by atoms with Gasteiger partial charge >= 0.3 is 0 Å². The zero-order chi connectivity index (χ0) is 12.8. The molecule has 0 bridgehead atoms. The van der Waals surface area contributed by atoms with Crippen molar-refractivity contribution in [3.8, 4) is 11.5 Å². The summed E-state index contributed by atoms with van der Waals surface area (Å²) in [6.45, 7) is 4.98. The summed E-state index contributed by atoms with van der Waals surface area (Å²) in [6.07, 6.45) is 2.06. The monoisotopic (exact) mass is 237 g/mol. The summed E-state index contributed by atoms with van der Waals surface area (Å²) in [4.78, 5) is 0. The van der Waals surface area contributed by atoms with Crippen LogP contribution in [0.1, 0.15) is 36.8 Å². The highest BCUT2D eigenvalue weighted by Crippen LogP contribution is 2.36. The quantitative estimate of drug-likeness (QED) is 0.827. The van der Waals surface area contributed by atoms with Gasteiger partial charge in [0.1, 0.15) is 11.5 Å². The topological polar surface area (TPSA) is 44.5 Å². The fourth-order valence-corrected chi connectivity index (χ4v) is 2.30. The number of hydrogen-bond acceptors (Lipinski definition) is 3. The lowest BCUT2D eigenvalue weighted by atomic mass is 9.89. The number of methoxy groups -OCH3 is 2. The molecule has 0 aliphatic heterocycles. The second-order valence-corrected chi connectivity index (χ2v) is 4.24. The third-order valence-electron chi connectivity index (χ3n) is 3.19. The molecule has 1 atom stereocenters. The van der Waals surface area contributed by atoms with Crippen molar-refractivity contribution in [3.63, 3.8) is 0 Å². The molecule has 17 heavy (non-hydrogen) atoms. The van der Waals surface area contributed by atoms with Gasteiger partial charge in [-0.1, -0.05) is 6.92 Å². The van der Waals surface area contributed by atoms with Crippen LogP contribution in [0.5, 0.6) is 11.5 Å². The molecule has 0 heterocycles. The summed E-state index contributed by atoms with van der Waals surface area (Å²) in [5.41, 5.74) is 8.15. The summed E-state index contributed by atoms with van der Waals surface area (Å²) < 4.78 is 10.7. The van der Waals surface area contributed by atoms with E-state index in [1.807, 2.05) is 6.07 Å². The van der Waals surface area contributed by atoms with Crippen LogP contribution < -0.4 is 15.2 Å². The minimum absolute atomic E-state index is 0.459. The van der Waals surface area contributed by atoms with E-state index in [4.69, 9.17) is 15.2 Å². The zero-order valence-corrected chi connectivity index (χ0v) is 11.2. The lowest BCUT2D eigenvalue weighted by molar-refractivity contribution is 0.386. The highest BCUT2D eigenvalue weighted by molar-refractivity contribution is 5.48. The van der Waals surface area contributed by atoms with Crippen LogP contribution in [-0.2, 0) is 0 Å². The van der Waals surface area contributed by atoms with Gasteiger partial charge < -0.3 is 15.2 Å². The van der Waals surface area contributed by atoms with Crippen molar-refractivity contribution >= 4 is 0 Å². The van der Waals surface area contributed by atoms with E-state index in [1.165, 1.54) is 11.1 Å². The van der Waals surface area contributed by atoms with Crippen LogP contribution >= 0.6 is 0 Å². The highest BCUT2D eigenvalue weighted by atomic mass is 16.5. The van der Waals surface area contributed by atoms with Gasteiger partial charge in [0.15, 0.2) is 0 Å². The molecule has 0 aliphatic carbocycles. The van der Waals surface area contributed by atoms with Crippen LogP contribution in [-0.4, -0.2) is 20.8 Å². The Kier molecular flexibility index (Phi) is 5.29. The molecule has 2 N–H and O–H groups in total. The summed E-state index contributed by atoms with van der Waals surface area (Å²) in [5.74, 6) is 2.20. The molecule has 1 aromatic rings. The maximum atomic E-state index is 5.67. The Labute approximate surface area is 104 Å². The molecule has 3 heteroatoms. The van der Waals surface area contributed by atoms with Crippen molar-refractivity contribution in [1.29, 1.82) is 0 Å². The van der Waals surface area contributed by atoms with Crippen molar-refractivity contribution in [2.45, 2.75) is 32.6 Å². The molecule has 3 nitrogen and oxygen atoms in total. The second kappa shape index (κ2) is 6.50. The molecule has 0 saturated carbocycles. The Hall–Kier alpha value is -1.22. The second-order valence-electron chi connectivity index (χ2n) is 4.24. The molecule has 1 unspecified atom stereocenters. The van der Waals surface area contributed by atoms with Gasteiger partial charge in [-0.05, 0) is 43.9 Å². The standard InChI is InChI=1S/C14H23NO2/c1-5-11(6-7-15)14-10(2)8-12(16-3)9-13(14)17-4/h8-9,11H,5-7,15H2,1-4H3. The van der Waals surface area contributed by atoms with E-state index in [0.717, 1.165) is 24.3 Å². The minimum atomic E-state index is 0.459. The van der Waals surface area contributed by atoms with E-state index >= 15 is 0 Å². The maximum absolute atomic E-state index is 5.67. The lowest BCUT2D eigenvalue weighted by Gasteiger charge is -2.21. The zero-order valence-electron chi connectivity index (χ0n) is 11.2. The van der Waals surface area contributed by atoms with Gasteiger partial charge in [-0.2, -0.15) is 0 Å². The van der Waals surface area contributed by atoms with E-state index in [9.17, 15) is 0 Å². The van der Waals surface area contributed by atoms with Gasteiger partial charge in [0.05, 0.1) is 14.2 Å². The van der Waals surface area contributed by atoms with Crippen LogP contribution in [0.2, 0.25) is 0 Å². The average Bonchev–Trinajstić information content (AvgIpc) is 2.35. The summed E-state index contributed by atoms with van der Waals surface area (Å²) in [5, 5.41) is 0. The molecule has 1 aromatic carbocycles. The molecular formula is C14H23NO2. The number of ether oxygens (including phenoxy) is 2. The predicted octanol–water partition coefficient (Wildman–Crippen LogP) is 2.85. The predicted molar refractivity (Wildman–Crippen MR) is 71.0 cm³/mol. The van der Waals surface area contributed by atoms with Crippen LogP contribution in [0.15, 0.2) is 12.1 Å². The van der Waals surface area contributed by atoms with E-state index in [2.05, 4.69) is 19.9 Å². The first kappa shape index (κ1) is 13.8. The SMILES string of the molecule is CCC(CCN)c1c(C)cc(OC)cc1OC. The smallest absolute Gasteiger partial charge is 0.126 e. The van der Waals surface area contributed by atoms with Crippen molar-refractivity contribution in [3.05, 3.63) is 23.3 Å². The molecule has 0 fully saturated rings. The molecule has 0 amide bonds. The number of rotatable bonds is 6. The Bertz CT molecular complexity index is 363. The van der Waals surface area contributed by atoms with Crippen molar-refractivity contribution in [1.82, 2.24) is 0 Å². The Balaban J connectivity index is 3.20. The summed E-state index contributed by atoms with van der Waals surface area (Å²) in [6, 6.07) is 4.00. The minimum Gasteiger partial charge on any atom is -0.497 e. The van der Waals surface area contributed by atoms with E-state index in [1.54, 1.807) is 14.2 Å². The molecule has 0 aliphatic rings. The molecule has 0 saturated heterocycles. The maximum Gasteiger partial charge on any atom is 0.126 e. The van der Waals surface area contributed by atoms with Crippen molar-refractivity contribution in [2.24, 2.45) is 5.73 Å². The molecule has 0 spiro atoms. The van der Waals surface area contributed by atoms with Gasteiger partial charge in [-0.15, -0.1) is 0 Å². The van der Waals surface area contributed by atoms with Gasteiger partial charge in [-0.25, -0.2) is 0 Å². The number of hydrogen-bond donors (Lipinski definition) is 1. The molecule has 96 valence electrons. The van der Waals surface area contributed by atoms with Gasteiger partial charge in [-0.3, -0.25) is 0 Å². The first-order valence-corrected chi connectivity index (χ1v) is 6.10. The lowest BCUT2D eigenvalue weighted by Crippen LogP contribution is -2.09. The average molecular weight is 237 g/mol. The van der Waals surface area contributed by atoms with Gasteiger partial charge in [0.2, 0.25) is 0 Å². The Morgan fingerprint density at radius 3 is 2.41 bits per heavy atom. The normalized spacial score (nSPS) is 12.3. The van der Waals surface area contributed by atoms with Gasteiger partial charge in [0, 0.05) is 11.6 Å². The van der Waals surface area contributed by atoms with Crippen LogP contribution in [0.3, 0.4) is 0 Å².